The van der Waals surface area contributed by atoms with Crippen molar-refractivity contribution < 1.29 is 9.53 Å². The fraction of sp³-hybridized carbons (Fsp3) is 0.200. The molecular formula is C20H21N5O2. The number of benzene rings is 2. The lowest BCUT2D eigenvalue weighted by molar-refractivity contribution is 0.0527. The molecule has 0 spiro atoms. The minimum absolute atomic E-state index is 0.0579. The van der Waals surface area contributed by atoms with Crippen molar-refractivity contribution in [3.05, 3.63) is 71.9 Å². The summed E-state index contributed by atoms with van der Waals surface area (Å²) in [5, 5.41) is 14.3. The Bertz CT molecular complexity index is 902. The van der Waals surface area contributed by atoms with E-state index in [0.29, 0.717) is 23.7 Å². The predicted octanol–water partition coefficient (Wildman–Crippen LogP) is 3.97. The van der Waals surface area contributed by atoms with Crippen molar-refractivity contribution in [3.8, 4) is 0 Å². The number of hydrogen-bond acceptors (Lipinski definition) is 7. The van der Waals surface area contributed by atoms with Gasteiger partial charge in [-0.1, -0.05) is 42.5 Å². The summed E-state index contributed by atoms with van der Waals surface area (Å²) in [5.74, 6) is 0.468. The zero-order valence-electron chi connectivity index (χ0n) is 15.2. The number of aromatic nitrogens is 3. The van der Waals surface area contributed by atoms with Gasteiger partial charge in [-0.3, -0.25) is 0 Å². The first-order valence-electron chi connectivity index (χ1n) is 8.71. The van der Waals surface area contributed by atoms with E-state index in [1.807, 2.05) is 43.3 Å². The summed E-state index contributed by atoms with van der Waals surface area (Å²) < 4.78 is 5.08. The van der Waals surface area contributed by atoms with Crippen LogP contribution in [-0.4, -0.2) is 27.8 Å². The van der Waals surface area contributed by atoms with E-state index in [9.17, 15) is 4.79 Å². The van der Waals surface area contributed by atoms with E-state index in [1.54, 1.807) is 31.3 Å². The monoisotopic (exact) mass is 363 g/mol. The van der Waals surface area contributed by atoms with Crippen LogP contribution < -0.4 is 10.6 Å². The lowest BCUT2D eigenvalue weighted by Gasteiger charge is -2.15. The van der Waals surface area contributed by atoms with Gasteiger partial charge in [0.1, 0.15) is 0 Å². The van der Waals surface area contributed by atoms with Crippen LogP contribution in [0.1, 0.15) is 35.8 Å². The summed E-state index contributed by atoms with van der Waals surface area (Å²) in [7, 11) is 0. The average Bonchev–Trinajstić information content (AvgIpc) is 2.69. The standard InChI is InChI=1S/C20H21N5O2/c1-3-27-19(26)16-11-7-8-12-17(16)23-20-24-18(13-21-25-20)22-14(2)15-9-5-4-6-10-15/h4-14H,3H2,1-2H3,(H2,22,23,24,25). The predicted molar refractivity (Wildman–Crippen MR) is 104 cm³/mol. The maximum Gasteiger partial charge on any atom is 0.340 e. The zero-order valence-corrected chi connectivity index (χ0v) is 15.2. The van der Waals surface area contributed by atoms with Gasteiger partial charge in [0.25, 0.3) is 0 Å². The van der Waals surface area contributed by atoms with E-state index in [0.717, 1.165) is 5.56 Å². The van der Waals surface area contributed by atoms with Crippen molar-refractivity contribution in [1.29, 1.82) is 0 Å². The highest BCUT2D eigenvalue weighted by Gasteiger charge is 2.13. The van der Waals surface area contributed by atoms with E-state index < -0.39 is 5.97 Å². The Hall–Kier alpha value is -3.48. The first-order valence-corrected chi connectivity index (χ1v) is 8.71. The average molecular weight is 363 g/mol. The molecular weight excluding hydrogens is 342 g/mol. The highest BCUT2D eigenvalue weighted by atomic mass is 16.5. The van der Waals surface area contributed by atoms with Gasteiger partial charge in [0.15, 0.2) is 5.82 Å². The molecule has 0 aliphatic heterocycles. The topological polar surface area (TPSA) is 89.0 Å². The summed E-state index contributed by atoms with van der Waals surface area (Å²) in [5.41, 5.74) is 2.11. The molecule has 3 rings (SSSR count). The molecule has 3 aromatic rings. The Morgan fingerprint density at radius 2 is 1.85 bits per heavy atom. The molecule has 1 aromatic heterocycles. The molecule has 27 heavy (non-hydrogen) atoms. The number of rotatable bonds is 7. The van der Waals surface area contributed by atoms with E-state index >= 15 is 0 Å². The zero-order chi connectivity index (χ0) is 19.1. The number of carbonyl (C=O) groups excluding carboxylic acids is 1. The minimum Gasteiger partial charge on any atom is -0.462 e. The van der Waals surface area contributed by atoms with Crippen LogP contribution in [0.4, 0.5) is 17.5 Å². The van der Waals surface area contributed by atoms with Crippen LogP contribution in [0.25, 0.3) is 0 Å². The highest BCUT2D eigenvalue weighted by molar-refractivity contribution is 5.96. The Kier molecular flexibility index (Phi) is 5.94. The van der Waals surface area contributed by atoms with Gasteiger partial charge in [-0.2, -0.15) is 10.1 Å². The van der Waals surface area contributed by atoms with Crippen LogP contribution in [-0.2, 0) is 4.74 Å². The van der Waals surface area contributed by atoms with Crippen LogP contribution in [0.3, 0.4) is 0 Å². The molecule has 1 unspecified atom stereocenters. The van der Waals surface area contributed by atoms with Gasteiger partial charge in [-0.15, -0.1) is 5.10 Å². The summed E-state index contributed by atoms with van der Waals surface area (Å²) in [4.78, 5) is 16.5. The van der Waals surface area contributed by atoms with Crippen LogP contribution in [0, 0.1) is 0 Å². The number of nitrogens with one attached hydrogen (secondary N) is 2. The Morgan fingerprint density at radius 1 is 1.11 bits per heavy atom. The second kappa shape index (κ2) is 8.75. The molecule has 2 N–H and O–H groups in total. The molecule has 0 radical (unpaired) electrons. The first kappa shape index (κ1) is 18.3. The van der Waals surface area contributed by atoms with Gasteiger partial charge >= 0.3 is 5.97 Å². The molecule has 0 amide bonds. The SMILES string of the molecule is CCOC(=O)c1ccccc1Nc1nncc(NC(C)c2ccccc2)n1. The molecule has 0 saturated heterocycles. The number of anilines is 3. The maximum absolute atomic E-state index is 12.1. The van der Waals surface area contributed by atoms with E-state index in [-0.39, 0.29) is 12.0 Å². The number of carbonyl (C=O) groups is 1. The summed E-state index contributed by atoms with van der Waals surface area (Å²) in [6, 6.07) is 17.1. The summed E-state index contributed by atoms with van der Waals surface area (Å²) in [6.45, 7) is 4.12. The molecule has 1 atom stereocenters. The quantitative estimate of drug-likeness (QED) is 0.614. The van der Waals surface area contributed by atoms with Gasteiger partial charge in [-0.05, 0) is 31.5 Å². The molecule has 1 heterocycles. The Balaban J connectivity index is 1.76. The summed E-state index contributed by atoms with van der Waals surface area (Å²) in [6.07, 6.45) is 1.56. The molecule has 138 valence electrons. The van der Waals surface area contributed by atoms with E-state index in [1.165, 1.54) is 0 Å². The fourth-order valence-electron chi connectivity index (χ4n) is 2.57. The van der Waals surface area contributed by atoms with Crippen molar-refractivity contribution in [2.75, 3.05) is 17.2 Å². The smallest absolute Gasteiger partial charge is 0.340 e. The second-order valence-electron chi connectivity index (χ2n) is 5.83. The van der Waals surface area contributed by atoms with Gasteiger partial charge in [0.05, 0.1) is 24.1 Å². The van der Waals surface area contributed by atoms with Gasteiger partial charge in [0.2, 0.25) is 5.95 Å². The Morgan fingerprint density at radius 3 is 2.63 bits per heavy atom. The molecule has 7 heteroatoms. The van der Waals surface area contributed by atoms with E-state index in [4.69, 9.17) is 4.74 Å². The normalized spacial score (nSPS) is 11.5. The third-order valence-corrected chi connectivity index (χ3v) is 3.89. The van der Waals surface area contributed by atoms with Crippen molar-refractivity contribution in [2.24, 2.45) is 0 Å². The molecule has 0 fully saturated rings. The van der Waals surface area contributed by atoms with Crippen molar-refractivity contribution in [2.45, 2.75) is 19.9 Å². The number of nitrogens with zero attached hydrogens (tertiary/aromatic N) is 3. The molecule has 0 aliphatic rings. The lowest BCUT2D eigenvalue weighted by Crippen LogP contribution is -2.11. The number of ether oxygens (including phenoxy) is 1. The van der Waals surface area contributed by atoms with Gasteiger partial charge in [-0.25, -0.2) is 4.79 Å². The number of para-hydroxylation sites is 1. The second-order valence-corrected chi connectivity index (χ2v) is 5.83. The Labute approximate surface area is 157 Å². The molecule has 0 bridgehead atoms. The number of hydrogen-bond donors (Lipinski definition) is 2. The van der Waals surface area contributed by atoms with Crippen molar-refractivity contribution in [3.63, 3.8) is 0 Å². The van der Waals surface area contributed by atoms with Gasteiger partial charge in [0, 0.05) is 6.04 Å². The summed E-state index contributed by atoms with van der Waals surface area (Å²) >= 11 is 0. The van der Waals surface area contributed by atoms with Gasteiger partial charge < -0.3 is 15.4 Å². The van der Waals surface area contributed by atoms with E-state index in [2.05, 4.69) is 25.8 Å². The largest absolute Gasteiger partial charge is 0.462 e. The lowest BCUT2D eigenvalue weighted by atomic mass is 10.1. The maximum atomic E-state index is 12.1. The van der Waals surface area contributed by atoms with Crippen molar-refractivity contribution >= 4 is 23.4 Å². The molecule has 0 saturated carbocycles. The molecule has 0 aliphatic carbocycles. The van der Waals surface area contributed by atoms with Crippen LogP contribution in [0.15, 0.2) is 60.8 Å². The first-order chi connectivity index (χ1) is 13.2. The fourth-order valence-corrected chi connectivity index (χ4v) is 2.57. The van der Waals surface area contributed by atoms with Crippen molar-refractivity contribution in [1.82, 2.24) is 15.2 Å². The number of esters is 1. The van der Waals surface area contributed by atoms with Crippen LogP contribution in [0.2, 0.25) is 0 Å². The highest BCUT2D eigenvalue weighted by Crippen LogP contribution is 2.21. The third kappa shape index (κ3) is 4.78. The van der Waals surface area contributed by atoms with Crippen LogP contribution in [0.5, 0.6) is 0 Å². The van der Waals surface area contributed by atoms with Crippen LogP contribution >= 0.6 is 0 Å². The molecule has 2 aromatic carbocycles. The third-order valence-electron chi connectivity index (χ3n) is 3.89. The molecule has 7 nitrogen and oxygen atoms in total. The minimum atomic E-state index is -0.402.